The van der Waals surface area contributed by atoms with Gasteiger partial charge in [-0.3, -0.25) is 42.5 Å². The number of carbonyl (C=O) groups excluding carboxylic acids is 3. The summed E-state index contributed by atoms with van der Waals surface area (Å²) in [6.45, 7) is 17.3. The molecule has 0 unspecified atom stereocenters. The van der Waals surface area contributed by atoms with Crippen LogP contribution in [-0.4, -0.2) is 141 Å². The van der Waals surface area contributed by atoms with E-state index >= 15 is 0 Å². The Labute approximate surface area is 741 Å². The van der Waals surface area contributed by atoms with Crippen LogP contribution in [0.3, 0.4) is 0 Å². The summed E-state index contributed by atoms with van der Waals surface area (Å²) < 4.78 is 124. The zero-order valence-electron chi connectivity index (χ0n) is 74.2. The van der Waals surface area contributed by atoms with Crippen LogP contribution in [0.1, 0.15) is 162 Å². The number of hydrogen-bond acceptors (Lipinski definition) is 19. The lowest BCUT2D eigenvalue weighted by Gasteiger charge is -2.25. The van der Waals surface area contributed by atoms with Crippen molar-refractivity contribution in [3.8, 4) is 50.6 Å². The van der Waals surface area contributed by atoms with Crippen LogP contribution in [-0.2, 0) is 95.2 Å². The smallest absolute Gasteiger partial charge is 0.330 e. The van der Waals surface area contributed by atoms with Gasteiger partial charge in [-0.1, -0.05) is 57.2 Å². The number of amides is 3. The van der Waals surface area contributed by atoms with Crippen LogP contribution in [0.4, 0.5) is 47.3 Å². The van der Waals surface area contributed by atoms with E-state index in [0.717, 1.165) is 50.1 Å². The van der Waals surface area contributed by atoms with Gasteiger partial charge in [0, 0.05) is 149 Å². The zero-order chi connectivity index (χ0) is 95.3. The van der Waals surface area contributed by atoms with Crippen molar-refractivity contribution in [3.63, 3.8) is 0 Å². The summed E-state index contributed by atoms with van der Waals surface area (Å²) in [7, 11) is 8.84. The standard InChI is InChI=1S/3C30H34F2N4O6.CH3FS/c3*1-6-15(2)33-18-13-21(31)25(22(32)14-18)27(37)34-23(29(39)40)12-17-9-10-20(26-19(17)8-7-11-42-26)24-16(3)35(4)30(41)36(5)28(24)38;1-3-2/h3*9-10,13-15,23,33H,6-8,11-12H2,1-5H3,(H,34,37)(H,39,40);1H3/t3*15-,23-;/m000./s1. The van der Waals surface area contributed by atoms with E-state index in [2.05, 4.69) is 31.9 Å². The topological polar surface area (TPSA) is 395 Å². The number of hydrogen-bond donors (Lipinski definition) is 9. The SMILES string of the molecule is CC[C@H](C)Nc1cc(F)c(C(=O)N[C@@H](Cc2ccc(-c3c(C)n(C)c(=O)n(C)c3=O)c3c2CCCO3)C(=O)O)c(F)c1.CC[C@H](C)Nc1cc(F)c(C(=O)N[C@@H](Cc2ccc(-c3c(C)n(C)c(=O)n(C)c3=O)c3c2CCCO3)C(=O)O)c(F)c1.CC[C@H](C)Nc1cc(F)c(C(=O)N[C@@H](Cc2ccc(-c3c(C)n(C)c(=O)n(C)c3=O)c3c2CCCO3)C(=O)O)c(F)c1.CSF. The van der Waals surface area contributed by atoms with Crippen LogP contribution >= 0.6 is 12.1 Å². The maximum absolute atomic E-state index is 14.8. The molecule has 3 aliphatic heterocycles. The Hall–Kier alpha value is -13.2. The molecule has 9 N–H and O–H groups in total. The van der Waals surface area contributed by atoms with E-state index in [1.165, 1.54) is 41.1 Å². The Morgan fingerprint density at radius 1 is 0.395 bits per heavy atom. The molecule has 0 spiro atoms. The lowest BCUT2D eigenvalue weighted by atomic mass is 9.90. The van der Waals surface area contributed by atoms with E-state index in [1.807, 2.05) is 41.5 Å². The number of nitrogens with zero attached hydrogens (tertiary/aromatic N) is 6. The third kappa shape index (κ3) is 22.2. The number of carboxylic acids is 3. The van der Waals surface area contributed by atoms with Gasteiger partial charge >= 0.3 is 35.0 Å². The second-order valence-corrected chi connectivity index (χ2v) is 32.1. The maximum atomic E-state index is 14.8. The third-order valence-corrected chi connectivity index (χ3v) is 23.2. The van der Waals surface area contributed by atoms with E-state index in [1.54, 1.807) is 78.3 Å². The van der Waals surface area contributed by atoms with Crippen molar-refractivity contribution < 1.29 is 88.5 Å². The number of fused-ring (bicyclic) bond motifs is 3. The number of rotatable bonds is 27. The molecule has 692 valence electrons. The summed E-state index contributed by atoms with van der Waals surface area (Å²) in [4.78, 5) is 152. The van der Waals surface area contributed by atoms with Gasteiger partial charge in [-0.15, -0.1) is 0 Å². The number of aliphatic carboxylic acids is 3. The quantitative estimate of drug-likeness (QED) is 0.0216. The number of aromatic nitrogens is 6. The maximum Gasteiger partial charge on any atom is 0.330 e. The molecule has 0 bridgehead atoms. The second-order valence-electron chi connectivity index (χ2n) is 31.8. The molecule has 0 fully saturated rings. The largest absolute Gasteiger partial charge is 0.493 e. The van der Waals surface area contributed by atoms with Crippen molar-refractivity contribution in [2.45, 2.75) is 176 Å². The molecule has 3 aliphatic rings. The minimum absolute atomic E-state index is 0.0538. The van der Waals surface area contributed by atoms with Crippen LogP contribution < -0.4 is 79.9 Å². The Bertz CT molecular complexity index is 5590. The summed E-state index contributed by atoms with van der Waals surface area (Å²) in [5.41, 5.74) is 2.13. The minimum Gasteiger partial charge on any atom is -0.493 e. The molecule has 3 amide bonds. The van der Waals surface area contributed by atoms with E-state index < -0.39 is 139 Å². The highest BCUT2D eigenvalue weighted by atomic mass is 32.2. The summed E-state index contributed by atoms with van der Waals surface area (Å²) in [5, 5.41) is 45.3. The predicted molar refractivity (Wildman–Crippen MR) is 474 cm³/mol. The van der Waals surface area contributed by atoms with Crippen LogP contribution in [0, 0.1) is 55.7 Å². The number of anilines is 3. The van der Waals surface area contributed by atoms with Crippen molar-refractivity contribution >= 4 is 64.8 Å². The summed E-state index contributed by atoms with van der Waals surface area (Å²) in [6, 6.07) is 11.1. The molecule has 38 heteroatoms. The summed E-state index contributed by atoms with van der Waals surface area (Å²) >= 11 is 0.250. The van der Waals surface area contributed by atoms with Crippen LogP contribution in [0.15, 0.2) is 102 Å². The number of carbonyl (C=O) groups is 6. The first kappa shape index (κ1) is 99.6. The highest BCUT2D eigenvalue weighted by Gasteiger charge is 2.35. The molecule has 0 radical (unpaired) electrons. The highest BCUT2D eigenvalue weighted by Crippen LogP contribution is 2.42. The Morgan fingerprint density at radius 3 is 0.814 bits per heavy atom. The van der Waals surface area contributed by atoms with Gasteiger partial charge in [0.05, 0.1) is 36.5 Å². The molecule has 0 saturated heterocycles. The lowest BCUT2D eigenvalue weighted by molar-refractivity contribution is -0.140. The average molecular weight is 1820 g/mol. The van der Waals surface area contributed by atoms with Crippen LogP contribution in [0.25, 0.3) is 33.4 Å². The number of halogens is 7. The number of carboxylic acid groups (broad SMARTS) is 3. The summed E-state index contributed by atoms with van der Waals surface area (Å²) in [6.07, 6.45) is 6.33. The first-order chi connectivity index (χ1) is 61.0. The first-order valence-corrected chi connectivity index (χ1v) is 42.8. The first-order valence-electron chi connectivity index (χ1n) is 41.6. The molecule has 129 heavy (non-hydrogen) atoms. The summed E-state index contributed by atoms with van der Waals surface area (Å²) in [5.74, 6) is -13.3. The molecule has 0 saturated carbocycles. The van der Waals surface area contributed by atoms with Crippen LogP contribution in [0.5, 0.6) is 17.2 Å². The monoisotopic (exact) mass is 1820 g/mol. The van der Waals surface area contributed by atoms with E-state index in [0.29, 0.717) is 162 Å². The fourth-order valence-electron chi connectivity index (χ4n) is 15.3. The van der Waals surface area contributed by atoms with E-state index in [9.17, 15) is 103 Å². The van der Waals surface area contributed by atoms with Gasteiger partial charge in [-0.25, -0.2) is 55.1 Å². The molecule has 12 rings (SSSR count). The zero-order valence-corrected chi connectivity index (χ0v) is 75.0. The predicted octanol–water partition coefficient (Wildman–Crippen LogP) is 11.1. The Morgan fingerprint density at radius 2 is 0.612 bits per heavy atom. The van der Waals surface area contributed by atoms with Crippen molar-refractivity contribution in [1.29, 1.82) is 0 Å². The fraction of sp³-hybridized carbons (Fsp3) is 0.407. The molecule has 6 heterocycles. The third-order valence-electron chi connectivity index (χ3n) is 23.2. The van der Waals surface area contributed by atoms with Crippen molar-refractivity contribution in [2.24, 2.45) is 42.3 Å². The Kier molecular flexibility index (Phi) is 33.3. The molecule has 30 nitrogen and oxygen atoms in total. The van der Waals surface area contributed by atoms with Gasteiger partial charge in [-0.2, -0.15) is 3.89 Å². The van der Waals surface area contributed by atoms with Gasteiger partial charge < -0.3 is 75.1 Å². The van der Waals surface area contributed by atoms with Crippen molar-refractivity contribution in [1.82, 2.24) is 43.4 Å². The molecule has 3 aromatic heterocycles. The van der Waals surface area contributed by atoms with Crippen LogP contribution in [0.2, 0.25) is 0 Å². The van der Waals surface area contributed by atoms with Gasteiger partial charge in [0.1, 0.15) is 87.0 Å². The van der Waals surface area contributed by atoms with Crippen molar-refractivity contribution in [2.75, 3.05) is 42.0 Å². The molecule has 0 aliphatic carbocycles. The average Bonchev–Trinajstić information content (AvgIpc) is 0.761. The number of benzene rings is 6. The molecule has 9 aromatic rings. The highest BCUT2D eigenvalue weighted by molar-refractivity contribution is 7.93. The van der Waals surface area contributed by atoms with Gasteiger partial charge in [0.15, 0.2) is 0 Å². The van der Waals surface area contributed by atoms with Gasteiger partial charge in [0.25, 0.3) is 34.4 Å². The molecular formula is C91H105F7N12O18S. The normalized spacial score (nSPS) is 13.8. The number of nitrogens with one attached hydrogen (secondary N) is 6. The molecule has 6 atom stereocenters. The number of ether oxygens (including phenoxy) is 3. The second kappa shape index (κ2) is 43.1. The van der Waals surface area contributed by atoms with E-state index in [4.69, 9.17) is 14.2 Å². The fourth-order valence-corrected chi connectivity index (χ4v) is 15.3. The molecular weight excluding hydrogens is 1710 g/mol. The minimum atomic E-state index is -1.52. The van der Waals surface area contributed by atoms with Crippen molar-refractivity contribution in [3.05, 3.63) is 237 Å². The molecule has 6 aromatic carbocycles. The van der Waals surface area contributed by atoms with Gasteiger partial charge in [0.2, 0.25) is 0 Å². The lowest BCUT2D eigenvalue weighted by Crippen LogP contribution is -2.43. The Balaban J connectivity index is 0.000000215. The van der Waals surface area contributed by atoms with E-state index in [-0.39, 0.29) is 83.3 Å². The van der Waals surface area contributed by atoms with Gasteiger partial charge in [-0.05, 0) is 169 Å².